The maximum Gasteiger partial charge on any atom is 0.265 e. The molecule has 2 heterocycles. The molecule has 0 aliphatic carbocycles. The number of carbonyl (C=O) groups excluding carboxylic acids is 2. The van der Waals surface area contributed by atoms with Gasteiger partial charge in [-0.3, -0.25) is 14.5 Å². The second-order valence-corrected chi connectivity index (χ2v) is 6.02. The van der Waals surface area contributed by atoms with Gasteiger partial charge in [-0.2, -0.15) is 0 Å². The molecule has 0 radical (unpaired) electrons. The summed E-state index contributed by atoms with van der Waals surface area (Å²) >= 11 is 1.37. The summed E-state index contributed by atoms with van der Waals surface area (Å²) in [5.41, 5.74) is 0.455. The van der Waals surface area contributed by atoms with Crippen molar-refractivity contribution in [1.29, 1.82) is 0 Å². The number of carbonyl (C=O) groups is 2. The largest absolute Gasteiger partial charge is 0.496 e. The molecule has 23 heavy (non-hydrogen) atoms. The van der Waals surface area contributed by atoms with E-state index < -0.39 is 0 Å². The Morgan fingerprint density at radius 2 is 2.26 bits per heavy atom. The summed E-state index contributed by atoms with van der Waals surface area (Å²) in [5.74, 6) is 0.350. The molecule has 1 aromatic heterocycles. The average Bonchev–Trinajstić information content (AvgIpc) is 3.24. The first-order valence-electron chi connectivity index (χ1n) is 7.33. The summed E-state index contributed by atoms with van der Waals surface area (Å²) in [4.78, 5) is 32.4. The number of thiazole rings is 1. The average molecular weight is 331 g/mol. The van der Waals surface area contributed by atoms with Crippen LogP contribution in [-0.2, 0) is 4.79 Å². The van der Waals surface area contributed by atoms with Crippen LogP contribution in [0.1, 0.15) is 23.2 Å². The van der Waals surface area contributed by atoms with Crippen LogP contribution in [0.5, 0.6) is 5.75 Å². The molecule has 1 aromatic carbocycles. The van der Waals surface area contributed by atoms with E-state index in [4.69, 9.17) is 4.74 Å². The summed E-state index contributed by atoms with van der Waals surface area (Å²) in [7, 11) is 1.53. The lowest BCUT2D eigenvalue weighted by Crippen LogP contribution is -2.42. The van der Waals surface area contributed by atoms with Gasteiger partial charge in [0.05, 0.1) is 12.7 Å². The van der Waals surface area contributed by atoms with Crippen molar-refractivity contribution in [2.45, 2.75) is 12.8 Å². The van der Waals surface area contributed by atoms with Crippen LogP contribution in [0.15, 0.2) is 35.8 Å². The van der Waals surface area contributed by atoms with E-state index in [1.165, 1.54) is 23.3 Å². The molecule has 3 rings (SSSR count). The van der Waals surface area contributed by atoms with Gasteiger partial charge in [0.25, 0.3) is 5.91 Å². The number of benzene rings is 1. The minimum absolute atomic E-state index is 0.0689. The van der Waals surface area contributed by atoms with Gasteiger partial charge in [-0.05, 0) is 18.6 Å². The third kappa shape index (κ3) is 3.19. The molecule has 7 heteroatoms. The third-order valence-electron chi connectivity index (χ3n) is 3.72. The molecule has 0 unspecified atom stereocenters. The van der Waals surface area contributed by atoms with Gasteiger partial charge in [-0.15, -0.1) is 11.3 Å². The van der Waals surface area contributed by atoms with Gasteiger partial charge in [0, 0.05) is 24.5 Å². The SMILES string of the molecule is COc1ccccc1C(=O)N(CN1CCCC1=O)c1nccs1. The summed E-state index contributed by atoms with van der Waals surface area (Å²) in [5, 5.41) is 2.38. The van der Waals surface area contributed by atoms with Gasteiger partial charge in [0.2, 0.25) is 5.91 Å². The molecule has 120 valence electrons. The van der Waals surface area contributed by atoms with E-state index in [1.807, 2.05) is 11.4 Å². The van der Waals surface area contributed by atoms with Crippen LogP contribution in [0.25, 0.3) is 0 Å². The zero-order chi connectivity index (χ0) is 16.2. The fourth-order valence-electron chi connectivity index (χ4n) is 2.55. The van der Waals surface area contributed by atoms with Gasteiger partial charge >= 0.3 is 0 Å². The number of hydrogen-bond acceptors (Lipinski definition) is 5. The highest BCUT2D eigenvalue weighted by Gasteiger charge is 2.28. The van der Waals surface area contributed by atoms with Crippen molar-refractivity contribution in [2.24, 2.45) is 0 Å². The predicted octanol–water partition coefficient (Wildman–Crippen LogP) is 2.38. The van der Waals surface area contributed by atoms with E-state index in [-0.39, 0.29) is 18.5 Å². The number of amides is 2. The lowest BCUT2D eigenvalue weighted by atomic mass is 10.2. The number of aromatic nitrogens is 1. The zero-order valence-electron chi connectivity index (χ0n) is 12.8. The molecule has 1 saturated heterocycles. The molecule has 2 amide bonds. The van der Waals surface area contributed by atoms with E-state index in [9.17, 15) is 9.59 Å². The fourth-order valence-corrected chi connectivity index (χ4v) is 3.18. The lowest BCUT2D eigenvalue weighted by molar-refractivity contribution is -0.127. The number of methoxy groups -OCH3 is 1. The topological polar surface area (TPSA) is 62.7 Å². The molecular weight excluding hydrogens is 314 g/mol. The third-order valence-corrected chi connectivity index (χ3v) is 4.51. The van der Waals surface area contributed by atoms with Crippen molar-refractivity contribution in [1.82, 2.24) is 9.88 Å². The number of likely N-dealkylation sites (tertiary alicyclic amines) is 1. The summed E-state index contributed by atoms with van der Waals surface area (Å²) < 4.78 is 5.28. The molecular formula is C16H17N3O3S. The first-order chi connectivity index (χ1) is 11.2. The molecule has 0 saturated carbocycles. The molecule has 1 aliphatic rings. The molecule has 0 atom stereocenters. The van der Waals surface area contributed by atoms with E-state index >= 15 is 0 Å². The number of anilines is 1. The highest BCUT2D eigenvalue weighted by atomic mass is 32.1. The van der Waals surface area contributed by atoms with Crippen LogP contribution in [0.3, 0.4) is 0 Å². The van der Waals surface area contributed by atoms with Crippen molar-refractivity contribution >= 4 is 28.3 Å². The Morgan fingerprint density at radius 3 is 2.91 bits per heavy atom. The highest BCUT2D eigenvalue weighted by molar-refractivity contribution is 7.13. The molecule has 1 fully saturated rings. The van der Waals surface area contributed by atoms with Crippen molar-refractivity contribution in [3.05, 3.63) is 41.4 Å². The van der Waals surface area contributed by atoms with Crippen LogP contribution >= 0.6 is 11.3 Å². The van der Waals surface area contributed by atoms with Crippen molar-refractivity contribution in [3.8, 4) is 5.75 Å². The molecule has 0 bridgehead atoms. The minimum atomic E-state index is -0.225. The second kappa shape index (κ2) is 6.78. The number of hydrogen-bond donors (Lipinski definition) is 0. The Labute approximate surface area is 138 Å². The number of rotatable bonds is 5. The maximum atomic E-state index is 13.0. The Balaban J connectivity index is 1.91. The minimum Gasteiger partial charge on any atom is -0.496 e. The predicted molar refractivity (Wildman–Crippen MR) is 87.7 cm³/mol. The molecule has 0 N–H and O–H groups in total. The smallest absolute Gasteiger partial charge is 0.265 e. The van der Waals surface area contributed by atoms with E-state index in [2.05, 4.69) is 4.98 Å². The standard InChI is InChI=1S/C16H17N3O3S/c1-22-13-6-3-2-5-12(13)15(21)19(16-17-8-10-23-16)11-18-9-4-7-14(18)20/h2-3,5-6,8,10H,4,7,9,11H2,1H3. The first-order valence-corrected chi connectivity index (χ1v) is 8.21. The molecule has 6 nitrogen and oxygen atoms in total. The number of nitrogens with zero attached hydrogens (tertiary/aromatic N) is 3. The Bertz CT molecular complexity index is 702. The van der Waals surface area contributed by atoms with Crippen LogP contribution in [0.2, 0.25) is 0 Å². The fraction of sp³-hybridized carbons (Fsp3) is 0.312. The zero-order valence-corrected chi connectivity index (χ0v) is 13.6. The van der Waals surface area contributed by atoms with Gasteiger partial charge < -0.3 is 9.64 Å². The first kappa shape index (κ1) is 15.5. The van der Waals surface area contributed by atoms with Gasteiger partial charge in [0.1, 0.15) is 12.4 Å². The van der Waals surface area contributed by atoms with E-state index in [0.717, 1.165) is 6.42 Å². The molecule has 2 aromatic rings. The summed E-state index contributed by atoms with van der Waals surface area (Å²) in [6, 6.07) is 7.06. The van der Waals surface area contributed by atoms with Crippen LogP contribution in [0.4, 0.5) is 5.13 Å². The Kier molecular flexibility index (Phi) is 4.57. The van der Waals surface area contributed by atoms with Gasteiger partial charge in [-0.1, -0.05) is 12.1 Å². The quantitative estimate of drug-likeness (QED) is 0.844. The molecule has 0 spiro atoms. The van der Waals surface area contributed by atoms with Crippen LogP contribution < -0.4 is 9.64 Å². The van der Waals surface area contributed by atoms with Gasteiger partial charge in [-0.25, -0.2) is 4.98 Å². The summed E-state index contributed by atoms with van der Waals surface area (Å²) in [6.45, 7) is 0.878. The van der Waals surface area contributed by atoms with E-state index in [1.54, 1.807) is 29.3 Å². The Hall–Kier alpha value is -2.41. The summed E-state index contributed by atoms with van der Waals surface area (Å²) in [6.07, 6.45) is 3.01. The maximum absolute atomic E-state index is 13.0. The van der Waals surface area contributed by atoms with E-state index in [0.29, 0.717) is 29.4 Å². The molecule has 1 aliphatic heterocycles. The Morgan fingerprint density at radius 1 is 1.43 bits per heavy atom. The van der Waals surface area contributed by atoms with Crippen molar-refractivity contribution in [3.63, 3.8) is 0 Å². The second-order valence-electron chi connectivity index (χ2n) is 5.15. The lowest BCUT2D eigenvalue weighted by Gasteiger charge is -2.26. The van der Waals surface area contributed by atoms with Crippen molar-refractivity contribution < 1.29 is 14.3 Å². The monoisotopic (exact) mass is 331 g/mol. The number of ether oxygens (including phenoxy) is 1. The van der Waals surface area contributed by atoms with Crippen LogP contribution in [-0.4, -0.2) is 42.0 Å². The van der Waals surface area contributed by atoms with Gasteiger partial charge in [0.15, 0.2) is 5.13 Å². The highest BCUT2D eigenvalue weighted by Crippen LogP contribution is 2.25. The normalized spacial score (nSPS) is 14.1. The van der Waals surface area contributed by atoms with Crippen LogP contribution in [0, 0.1) is 0 Å². The van der Waals surface area contributed by atoms with Crippen molar-refractivity contribution in [2.75, 3.05) is 25.2 Å². The number of para-hydroxylation sites is 1.